The Morgan fingerprint density at radius 2 is 2.36 bits per heavy atom. The lowest BCUT2D eigenvalue weighted by Gasteiger charge is -2.19. The van der Waals surface area contributed by atoms with Crippen molar-refractivity contribution >= 4 is 29.3 Å². The fraction of sp³-hybridized carbons (Fsp3) is 0.571. The lowest BCUT2D eigenvalue weighted by atomic mass is 10.1. The molecular weight excluding hydrogens is 185 g/mol. The van der Waals surface area contributed by atoms with Crippen LogP contribution in [0, 0.1) is 0 Å². The van der Waals surface area contributed by atoms with Gasteiger partial charge >= 0.3 is 0 Å². The number of hydrogen-bond donors (Lipinski definition) is 0. The normalized spacial score (nSPS) is 18.5. The van der Waals surface area contributed by atoms with Gasteiger partial charge in [0, 0.05) is 18.7 Å². The summed E-state index contributed by atoms with van der Waals surface area (Å²) >= 11 is 5.28. The average molecular weight is 196 g/mol. The minimum absolute atomic E-state index is 0. The molecule has 11 heavy (non-hydrogen) atoms. The third-order valence-electron chi connectivity index (χ3n) is 1.66. The van der Waals surface area contributed by atoms with Crippen LogP contribution >= 0.6 is 24.0 Å². The third kappa shape index (κ3) is 3.23. The fourth-order valence-corrected chi connectivity index (χ4v) is 1.12. The Kier molecular flexibility index (Phi) is 4.73. The summed E-state index contributed by atoms with van der Waals surface area (Å²) in [7, 11) is 2.02. The maximum absolute atomic E-state index is 10.6. The second-order valence-corrected chi connectivity index (χ2v) is 2.86. The van der Waals surface area contributed by atoms with Crippen molar-refractivity contribution < 1.29 is 4.79 Å². The van der Waals surface area contributed by atoms with Crippen molar-refractivity contribution in [3.8, 4) is 0 Å². The van der Waals surface area contributed by atoms with Crippen molar-refractivity contribution in [2.24, 2.45) is 0 Å². The number of carbonyl (C=O) groups is 1. The Labute approximate surface area is 77.6 Å². The monoisotopic (exact) mass is 195 g/mol. The minimum atomic E-state index is -0.298. The van der Waals surface area contributed by atoms with Crippen molar-refractivity contribution in [1.82, 2.24) is 4.90 Å². The lowest BCUT2D eigenvalue weighted by molar-refractivity contribution is -0.108. The van der Waals surface area contributed by atoms with Gasteiger partial charge in [0.1, 0.15) is 0 Å². The Hall–Kier alpha value is -0.0500. The van der Waals surface area contributed by atoms with Gasteiger partial charge in [0.2, 0.25) is 5.24 Å². The summed E-state index contributed by atoms with van der Waals surface area (Å²) < 4.78 is 0. The Balaban J connectivity index is 0.000001000. The minimum Gasteiger partial charge on any atom is -0.302 e. The van der Waals surface area contributed by atoms with Crippen molar-refractivity contribution in [2.75, 3.05) is 20.1 Å². The molecule has 1 rings (SSSR count). The highest BCUT2D eigenvalue weighted by atomic mass is 35.5. The fourth-order valence-electron chi connectivity index (χ4n) is 0.949. The molecule has 1 aliphatic heterocycles. The number of nitrogens with zero attached hydrogens (tertiary/aromatic N) is 1. The molecule has 0 N–H and O–H groups in total. The van der Waals surface area contributed by atoms with E-state index in [4.69, 9.17) is 11.6 Å². The number of rotatable bonds is 1. The summed E-state index contributed by atoms with van der Waals surface area (Å²) in [6.07, 6.45) is 2.68. The summed E-state index contributed by atoms with van der Waals surface area (Å²) in [4.78, 5) is 12.7. The smallest absolute Gasteiger partial charge is 0.248 e. The van der Waals surface area contributed by atoms with Crippen LogP contribution < -0.4 is 0 Å². The topological polar surface area (TPSA) is 20.3 Å². The highest BCUT2D eigenvalue weighted by Crippen LogP contribution is 2.11. The predicted molar refractivity (Wildman–Crippen MR) is 48.3 cm³/mol. The number of hydrogen-bond acceptors (Lipinski definition) is 2. The van der Waals surface area contributed by atoms with Crippen LogP contribution in [0.25, 0.3) is 0 Å². The highest BCUT2D eigenvalue weighted by molar-refractivity contribution is 6.67. The van der Waals surface area contributed by atoms with Crippen LogP contribution in [-0.4, -0.2) is 30.3 Å². The van der Waals surface area contributed by atoms with Gasteiger partial charge in [0.25, 0.3) is 0 Å². The first-order chi connectivity index (χ1) is 4.70. The van der Waals surface area contributed by atoms with Gasteiger partial charge in [-0.1, -0.05) is 6.08 Å². The molecule has 1 aliphatic rings. The van der Waals surface area contributed by atoms with Crippen molar-refractivity contribution in [2.45, 2.75) is 6.42 Å². The zero-order valence-corrected chi connectivity index (χ0v) is 7.91. The number of likely N-dealkylation sites (N-methyl/N-ethyl adjacent to an activating group) is 1. The summed E-state index contributed by atoms with van der Waals surface area (Å²) in [6, 6.07) is 0. The zero-order chi connectivity index (χ0) is 7.56. The van der Waals surface area contributed by atoms with Crippen LogP contribution in [-0.2, 0) is 4.79 Å². The van der Waals surface area contributed by atoms with Crippen LogP contribution in [0.5, 0.6) is 0 Å². The molecule has 0 aromatic heterocycles. The van der Waals surface area contributed by atoms with Gasteiger partial charge in [0.15, 0.2) is 0 Å². The van der Waals surface area contributed by atoms with Crippen LogP contribution in [0.3, 0.4) is 0 Å². The molecule has 0 unspecified atom stereocenters. The highest BCUT2D eigenvalue weighted by Gasteiger charge is 2.11. The molecule has 0 aromatic rings. The lowest BCUT2D eigenvalue weighted by Crippen LogP contribution is -2.25. The number of carbonyl (C=O) groups excluding carboxylic acids is 1. The van der Waals surface area contributed by atoms with E-state index in [1.54, 1.807) is 0 Å². The first-order valence-corrected chi connectivity index (χ1v) is 3.65. The van der Waals surface area contributed by atoms with Crippen molar-refractivity contribution in [3.63, 3.8) is 0 Å². The van der Waals surface area contributed by atoms with E-state index >= 15 is 0 Å². The quantitative estimate of drug-likeness (QED) is 0.591. The molecule has 0 aromatic carbocycles. The van der Waals surface area contributed by atoms with Crippen molar-refractivity contribution in [1.29, 1.82) is 0 Å². The molecule has 0 bridgehead atoms. The van der Waals surface area contributed by atoms with E-state index in [2.05, 4.69) is 4.90 Å². The molecule has 2 nitrogen and oxygen atoms in total. The second-order valence-electron chi connectivity index (χ2n) is 2.52. The Bertz CT molecular complexity index is 179. The zero-order valence-electron chi connectivity index (χ0n) is 6.34. The molecule has 64 valence electrons. The standard InChI is InChI=1S/C7H10ClNO.ClH/c1-9-4-2-6(3-5-9)7(8)10;/h2H,3-5H2,1H3;1H. The average Bonchev–Trinajstić information content (AvgIpc) is 1.88. The number of halogens is 2. The van der Waals surface area contributed by atoms with Crippen LogP contribution in [0.1, 0.15) is 6.42 Å². The molecule has 0 fully saturated rings. The molecule has 1 heterocycles. The van der Waals surface area contributed by atoms with Gasteiger partial charge in [0.05, 0.1) is 0 Å². The molecule has 0 spiro atoms. The van der Waals surface area contributed by atoms with Gasteiger partial charge in [-0.15, -0.1) is 12.4 Å². The van der Waals surface area contributed by atoms with E-state index in [-0.39, 0.29) is 17.6 Å². The Morgan fingerprint density at radius 3 is 2.73 bits per heavy atom. The van der Waals surface area contributed by atoms with E-state index in [0.717, 1.165) is 25.1 Å². The van der Waals surface area contributed by atoms with Gasteiger partial charge in [-0.2, -0.15) is 0 Å². The molecule has 0 aliphatic carbocycles. The summed E-state index contributed by atoms with van der Waals surface area (Å²) in [5.74, 6) is 0. The SMILES string of the molecule is CN1CC=C(C(=O)Cl)CC1.Cl. The first-order valence-electron chi connectivity index (χ1n) is 3.27. The molecule has 4 heteroatoms. The van der Waals surface area contributed by atoms with Crippen LogP contribution in [0.4, 0.5) is 0 Å². The first kappa shape index (κ1) is 11.0. The van der Waals surface area contributed by atoms with Crippen molar-refractivity contribution in [3.05, 3.63) is 11.6 Å². The predicted octanol–water partition coefficient (Wildman–Crippen LogP) is 1.44. The summed E-state index contributed by atoms with van der Waals surface area (Å²) in [6.45, 7) is 1.78. The largest absolute Gasteiger partial charge is 0.302 e. The Morgan fingerprint density at radius 1 is 1.73 bits per heavy atom. The molecule has 0 amide bonds. The van der Waals surface area contributed by atoms with Gasteiger partial charge in [-0.3, -0.25) is 4.79 Å². The summed E-state index contributed by atoms with van der Waals surface area (Å²) in [5, 5.41) is -0.298. The third-order valence-corrected chi connectivity index (χ3v) is 1.91. The van der Waals surface area contributed by atoms with E-state index in [0.29, 0.717) is 0 Å². The maximum atomic E-state index is 10.6. The van der Waals surface area contributed by atoms with Crippen LogP contribution in [0.2, 0.25) is 0 Å². The maximum Gasteiger partial charge on any atom is 0.248 e. The van der Waals surface area contributed by atoms with E-state index in [9.17, 15) is 4.79 Å². The molecule has 0 atom stereocenters. The molecular formula is C7H11Cl2NO. The van der Waals surface area contributed by atoms with E-state index in [1.807, 2.05) is 13.1 Å². The van der Waals surface area contributed by atoms with E-state index < -0.39 is 0 Å². The molecule has 0 radical (unpaired) electrons. The van der Waals surface area contributed by atoms with Gasteiger partial charge in [-0.25, -0.2) is 0 Å². The van der Waals surface area contributed by atoms with Gasteiger partial charge in [-0.05, 0) is 25.1 Å². The molecule has 0 saturated heterocycles. The van der Waals surface area contributed by atoms with Crippen LogP contribution in [0.15, 0.2) is 11.6 Å². The second kappa shape index (κ2) is 4.75. The summed E-state index contributed by atoms with van der Waals surface area (Å²) in [5.41, 5.74) is 0.764. The van der Waals surface area contributed by atoms with Gasteiger partial charge < -0.3 is 4.90 Å². The van der Waals surface area contributed by atoms with E-state index in [1.165, 1.54) is 0 Å². The molecule has 0 saturated carbocycles.